The Kier molecular flexibility index (Phi) is 3.78. The minimum absolute atomic E-state index is 0.0782. The zero-order chi connectivity index (χ0) is 12.1. The fourth-order valence-electron chi connectivity index (χ4n) is 1.52. The van der Waals surface area contributed by atoms with Crippen LogP contribution in [0.1, 0.15) is 15.9 Å². The molecule has 0 aliphatic carbocycles. The van der Waals surface area contributed by atoms with Crippen molar-refractivity contribution < 1.29 is 4.79 Å². The zero-order valence-electron chi connectivity index (χ0n) is 9.19. The molecule has 3 heteroatoms. The van der Waals surface area contributed by atoms with Crippen LogP contribution < -0.4 is 5.32 Å². The quantitative estimate of drug-likeness (QED) is 0.884. The molecule has 0 aliphatic rings. The molecule has 2 rings (SSSR count). The second kappa shape index (κ2) is 5.51. The maximum Gasteiger partial charge on any atom is 0.251 e. The monoisotopic (exact) mass is 245 g/mol. The summed E-state index contributed by atoms with van der Waals surface area (Å²) >= 11 is 5.86. The van der Waals surface area contributed by atoms with Crippen LogP contribution in [-0.4, -0.2) is 5.91 Å². The lowest BCUT2D eigenvalue weighted by Crippen LogP contribution is -2.22. The average molecular weight is 246 g/mol. The highest BCUT2D eigenvalue weighted by Gasteiger charge is 2.03. The number of nitrogens with one attached hydrogen (secondary N) is 1. The van der Waals surface area contributed by atoms with E-state index in [1.807, 2.05) is 42.5 Å². The number of amides is 1. The Labute approximate surface area is 105 Å². The predicted octanol–water partition coefficient (Wildman–Crippen LogP) is 3.27. The third kappa shape index (κ3) is 3.33. The molecule has 86 valence electrons. The highest BCUT2D eigenvalue weighted by Crippen LogP contribution is 2.10. The topological polar surface area (TPSA) is 29.1 Å². The number of hydrogen-bond donors (Lipinski definition) is 1. The van der Waals surface area contributed by atoms with E-state index >= 15 is 0 Å². The van der Waals surface area contributed by atoms with Gasteiger partial charge < -0.3 is 5.32 Å². The summed E-state index contributed by atoms with van der Waals surface area (Å²) < 4.78 is 0. The van der Waals surface area contributed by atoms with Crippen molar-refractivity contribution in [2.45, 2.75) is 6.54 Å². The van der Waals surface area contributed by atoms with E-state index in [1.54, 1.807) is 12.1 Å². The van der Waals surface area contributed by atoms with Crippen LogP contribution in [-0.2, 0) is 6.54 Å². The summed E-state index contributed by atoms with van der Waals surface area (Å²) in [6.45, 7) is 0.480. The minimum Gasteiger partial charge on any atom is -0.348 e. The number of carbonyl (C=O) groups excluding carboxylic acids is 1. The van der Waals surface area contributed by atoms with Crippen LogP contribution in [0.15, 0.2) is 54.6 Å². The molecule has 0 heterocycles. The molecule has 1 amide bonds. The molecule has 2 aromatic rings. The van der Waals surface area contributed by atoms with Gasteiger partial charge in [0, 0.05) is 17.1 Å². The number of carbonyl (C=O) groups is 1. The highest BCUT2D eigenvalue weighted by atomic mass is 35.5. The summed E-state index contributed by atoms with van der Waals surface area (Å²) in [6, 6.07) is 16.6. The largest absolute Gasteiger partial charge is 0.348 e. The second-order valence-electron chi connectivity index (χ2n) is 3.68. The van der Waals surface area contributed by atoms with Gasteiger partial charge in [-0.15, -0.1) is 0 Å². The van der Waals surface area contributed by atoms with Crippen LogP contribution in [0, 0.1) is 0 Å². The first-order chi connectivity index (χ1) is 8.25. The Morgan fingerprint density at radius 1 is 1.06 bits per heavy atom. The fourth-order valence-corrected chi connectivity index (χ4v) is 1.73. The van der Waals surface area contributed by atoms with Crippen molar-refractivity contribution in [3.05, 3.63) is 70.7 Å². The summed E-state index contributed by atoms with van der Waals surface area (Å²) in [4.78, 5) is 11.8. The van der Waals surface area contributed by atoms with Crippen molar-refractivity contribution in [2.75, 3.05) is 0 Å². The van der Waals surface area contributed by atoms with E-state index in [-0.39, 0.29) is 5.91 Å². The van der Waals surface area contributed by atoms with Gasteiger partial charge in [0.1, 0.15) is 0 Å². The van der Waals surface area contributed by atoms with Gasteiger partial charge in [0.15, 0.2) is 0 Å². The van der Waals surface area contributed by atoms with Gasteiger partial charge in [-0.1, -0.05) is 41.9 Å². The predicted molar refractivity (Wildman–Crippen MR) is 69.1 cm³/mol. The lowest BCUT2D eigenvalue weighted by molar-refractivity contribution is 0.0951. The zero-order valence-corrected chi connectivity index (χ0v) is 9.95. The first kappa shape index (κ1) is 11.7. The van der Waals surface area contributed by atoms with E-state index in [4.69, 9.17) is 11.6 Å². The van der Waals surface area contributed by atoms with Crippen molar-refractivity contribution in [3.63, 3.8) is 0 Å². The van der Waals surface area contributed by atoms with Crippen molar-refractivity contribution in [1.29, 1.82) is 0 Å². The standard InChI is InChI=1S/C14H12ClNO/c15-13-8-4-5-11(9-13)10-16-14(17)12-6-2-1-3-7-12/h1-9H,10H2,(H,16,17). The van der Waals surface area contributed by atoms with E-state index in [2.05, 4.69) is 5.32 Å². The normalized spacial score (nSPS) is 9.94. The molecular weight excluding hydrogens is 234 g/mol. The van der Waals surface area contributed by atoms with Crippen molar-refractivity contribution in [1.82, 2.24) is 5.32 Å². The minimum atomic E-state index is -0.0782. The molecule has 0 radical (unpaired) electrons. The van der Waals surface area contributed by atoms with Gasteiger partial charge in [-0.05, 0) is 29.8 Å². The molecule has 2 aromatic carbocycles. The van der Waals surface area contributed by atoms with Crippen LogP contribution in [0.3, 0.4) is 0 Å². The van der Waals surface area contributed by atoms with E-state index < -0.39 is 0 Å². The summed E-state index contributed by atoms with van der Waals surface area (Å²) in [5.41, 5.74) is 1.65. The van der Waals surface area contributed by atoms with E-state index in [9.17, 15) is 4.79 Å². The van der Waals surface area contributed by atoms with Crippen LogP contribution in [0.2, 0.25) is 5.02 Å². The lowest BCUT2D eigenvalue weighted by atomic mass is 10.2. The maximum atomic E-state index is 11.8. The SMILES string of the molecule is O=C(NCc1cccc(Cl)c1)c1ccccc1. The second-order valence-corrected chi connectivity index (χ2v) is 4.12. The Morgan fingerprint density at radius 3 is 2.53 bits per heavy atom. The van der Waals surface area contributed by atoms with Gasteiger partial charge in [-0.2, -0.15) is 0 Å². The third-order valence-corrected chi connectivity index (χ3v) is 2.61. The first-order valence-corrected chi connectivity index (χ1v) is 5.71. The Hall–Kier alpha value is -1.80. The molecule has 17 heavy (non-hydrogen) atoms. The average Bonchev–Trinajstić information content (AvgIpc) is 2.37. The molecule has 0 atom stereocenters. The first-order valence-electron chi connectivity index (χ1n) is 5.33. The van der Waals surface area contributed by atoms with Gasteiger partial charge in [0.2, 0.25) is 0 Å². The van der Waals surface area contributed by atoms with Crippen molar-refractivity contribution >= 4 is 17.5 Å². The summed E-state index contributed by atoms with van der Waals surface area (Å²) in [7, 11) is 0. The summed E-state index contributed by atoms with van der Waals surface area (Å²) in [5, 5.41) is 3.52. The van der Waals surface area contributed by atoms with Crippen LogP contribution >= 0.6 is 11.6 Å². The molecule has 0 saturated heterocycles. The van der Waals surface area contributed by atoms with Crippen LogP contribution in [0.4, 0.5) is 0 Å². The van der Waals surface area contributed by atoms with E-state index in [0.29, 0.717) is 17.1 Å². The van der Waals surface area contributed by atoms with Gasteiger partial charge in [0.25, 0.3) is 5.91 Å². The van der Waals surface area contributed by atoms with Crippen LogP contribution in [0.25, 0.3) is 0 Å². The molecule has 0 bridgehead atoms. The number of rotatable bonds is 3. The molecule has 0 saturated carbocycles. The number of halogens is 1. The Bertz CT molecular complexity index is 511. The molecule has 2 nitrogen and oxygen atoms in total. The summed E-state index contributed by atoms with van der Waals surface area (Å²) in [6.07, 6.45) is 0. The molecule has 0 aromatic heterocycles. The third-order valence-electron chi connectivity index (χ3n) is 2.38. The molecule has 1 N–H and O–H groups in total. The van der Waals surface area contributed by atoms with E-state index in [1.165, 1.54) is 0 Å². The van der Waals surface area contributed by atoms with Gasteiger partial charge in [0.05, 0.1) is 0 Å². The van der Waals surface area contributed by atoms with E-state index in [0.717, 1.165) is 5.56 Å². The van der Waals surface area contributed by atoms with Gasteiger partial charge >= 0.3 is 0 Å². The van der Waals surface area contributed by atoms with Gasteiger partial charge in [-0.25, -0.2) is 0 Å². The molecule has 0 spiro atoms. The van der Waals surface area contributed by atoms with Gasteiger partial charge in [-0.3, -0.25) is 4.79 Å². The van der Waals surface area contributed by atoms with Crippen LogP contribution in [0.5, 0.6) is 0 Å². The fraction of sp³-hybridized carbons (Fsp3) is 0.0714. The maximum absolute atomic E-state index is 11.8. The lowest BCUT2D eigenvalue weighted by Gasteiger charge is -2.05. The molecule has 0 unspecified atom stereocenters. The summed E-state index contributed by atoms with van der Waals surface area (Å²) in [5.74, 6) is -0.0782. The molecule has 0 aliphatic heterocycles. The number of hydrogen-bond acceptors (Lipinski definition) is 1. The molecule has 0 fully saturated rings. The Morgan fingerprint density at radius 2 is 1.82 bits per heavy atom. The number of benzene rings is 2. The van der Waals surface area contributed by atoms with Crippen molar-refractivity contribution in [3.8, 4) is 0 Å². The van der Waals surface area contributed by atoms with Crippen molar-refractivity contribution in [2.24, 2.45) is 0 Å². The Balaban J connectivity index is 1.97. The molecular formula is C14H12ClNO. The smallest absolute Gasteiger partial charge is 0.251 e. The highest BCUT2D eigenvalue weighted by molar-refractivity contribution is 6.30.